The predicted molar refractivity (Wildman–Crippen MR) is 126 cm³/mol. The summed E-state index contributed by atoms with van der Waals surface area (Å²) in [6.45, 7) is 5.02. The van der Waals surface area contributed by atoms with Crippen molar-refractivity contribution in [1.29, 1.82) is 0 Å². The van der Waals surface area contributed by atoms with Crippen molar-refractivity contribution >= 4 is 17.4 Å². The molecule has 1 aliphatic heterocycles. The van der Waals surface area contributed by atoms with E-state index in [1.54, 1.807) is 7.11 Å². The molecule has 4 heterocycles. The van der Waals surface area contributed by atoms with Crippen molar-refractivity contribution in [3.8, 4) is 17.0 Å². The molecule has 0 radical (unpaired) electrons. The number of imidazole rings is 1. The molecular weight excluding hydrogens is 418 g/mol. The van der Waals surface area contributed by atoms with E-state index in [0.29, 0.717) is 19.0 Å². The van der Waals surface area contributed by atoms with E-state index in [1.807, 2.05) is 61.3 Å². The van der Waals surface area contributed by atoms with Gasteiger partial charge in [-0.2, -0.15) is 0 Å². The number of aryl methyl sites for hydroxylation is 1. The number of ether oxygens (including phenoxy) is 1. The molecule has 0 aliphatic carbocycles. The molecule has 33 heavy (non-hydrogen) atoms. The molecule has 0 spiro atoms. The van der Waals surface area contributed by atoms with Gasteiger partial charge in [0.2, 0.25) is 5.88 Å². The van der Waals surface area contributed by atoms with Gasteiger partial charge in [-0.3, -0.25) is 5.32 Å². The van der Waals surface area contributed by atoms with Gasteiger partial charge >= 0.3 is 6.03 Å². The lowest BCUT2D eigenvalue weighted by atomic mass is 9.97. The van der Waals surface area contributed by atoms with Crippen molar-refractivity contribution in [2.45, 2.75) is 32.6 Å². The average molecular weight is 446 g/mol. The maximum atomic E-state index is 13.0. The number of fused-ring (bicyclic) bond motifs is 1. The molecule has 8 nitrogen and oxygen atoms in total. The van der Waals surface area contributed by atoms with Crippen LogP contribution >= 0.6 is 0 Å². The zero-order valence-electron chi connectivity index (χ0n) is 19.0. The van der Waals surface area contributed by atoms with Gasteiger partial charge in [0, 0.05) is 36.3 Å². The highest BCUT2D eigenvalue weighted by atomic mass is 16.5. The van der Waals surface area contributed by atoms with E-state index >= 15 is 0 Å². The van der Waals surface area contributed by atoms with Crippen molar-refractivity contribution in [2.75, 3.05) is 25.5 Å². The summed E-state index contributed by atoms with van der Waals surface area (Å²) in [5, 5.41) is 6.79. The third-order valence-corrected chi connectivity index (χ3v) is 6.37. The first-order valence-corrected chi connectivity index (χ1v) is 11.2. The number of anilines is 1. The minimum atomic E-state index is -0.173. The molecule has 1 saturated heterocycles. The van der Waals surface area contributed by atoms with E-state index in [-0.39, 0.29) is 11.9 Å². The zero-order chi connectivity index (χ0) is 22.9. The second-order valence-corrected chi connectivity index (χ2v) is 8.44. The Morgan fingerprint density at radius 1 is 1.21 bits per heavy atom. The molecule has 5 rings (SSSR count). The maximum absolute atomic E-state index is 13.0. The number of hydrogen-bond donors (Lipinski definition) is 1. The fraction of sp³-hybridized carbons (Fsp3) is 0.320. The lowest BCUT2D eigenvalue weighted by molar-refractivity contribution is 0.190. The van der Waals surface area contributed by atoms with Crippen LogP contribution in [0.15, 0.2) is 53.2 Å². The standard InChI is InChI=1S/C25H27N5O3/c1-16-17(2)28-33-24(16)27-25(31)29-12-7-9-19(15-29)23-26-22(21-11-4-5-13-30(21)23)18-8-6-10-20(14-18)32-3/h4-6,8,10-11,13-14,19H,7,9,12,15H2,1-3H3,(H,27,31)/t19-/m1/s1. The molecule has 170 valence electrons. The third kappa shape index (κ3) is 3.92. The number of benzene rings is 1. The number of nitrogens with one attached hydrogen (secondary N) is 1. The molecule has 0 unspecified atom stereocenters. The van der Waals surface area contributed by atoms with Gasteiger partial charge in [0.25, 0.3) is 0 Å². The van der Waals surface area contributed by atoms with Crippen LogP contribution in [0.4, 0.5) is 10.7 Å². The summed E-state index contributed by atoms with van der Waals surface area (Å²) in [4.78, 5) is 19.9. The first-order valence-electron chi connectivity index (χ1n) is 11.2. The summed E-state index contributed by atoms with van der Waals surface area (Å²) >= 11 is 0. The molecule has 8 heteroatoms. The predicted octanol–water partition coefficient (Wildman–Crippen LogP) is 5.03. The highest BCUT2D eigenvalue weighted by molar-refractivity contribution is 5.88. The van der Waals surface area contributed by atoms with Gasteiger partial charge in [-0.05, 0) is 51.0 Å². The Balaban J connectivity index is 1.44. The molecule has 1 aromatic carbocycles. The van der Waals surface area contributed by atoms with E-state index in [9.17, 15) is 4.79 Å². The van der Waals surface area contributed by atoms with Gasteiger partial charge in [0.15, 0.2) is 0 Å². The average Bonchev–Trinajstić information content (AvgIpc) is 3.40. The first kappa shape index (κ1) is 21.1. The van der Waals surface area contributed by atoms with Crippen LogP contribution in [0.1, 0.15) is 35.8 Å². The van der Waals surface area contributed by atoms with E-state index in [1.165, 1.54) is 0 Å². The lowest BCUT2D eigenvalue weighted by Crippen LogP contribution is -2.42. The lowest BCUT2D eigenvalue weighted by Gasteiger charge is -2.32. The Morgan fingerprint density at radius 2 is 2.09 bits per heavy atom. The molecule has 2 amide bonds. The third-order valence-electron chi connectivity index (χ3n) is 6.37. The van der Waals surface area contributed by atoms with Crippen molar-refractivity contribution < 1.29 is 14.1 Å². The Hall–Kier alpha value is -3.81. The topological polar surface area (TPSA) is 84.9 Å². The molecule has 0 bridgehead atoms. The van der Waals surface area contributed by atoms with Crippen LogP contribution in [0.25, 0.3) is 16.8 Å². The second kappa shape index (κ2) is 8.61. The van der Waals surface area contributed by atoms with Crippen molar-refractivity contribution in [2.24, 2.45) is 0 Å². The highest BCUT2D eigenvalue weighted by Crippen LogP contribution is 2.33. The van der Waals surface area contributed by atoms with Crippen LogP contribution in [0.3, 0.4) is 0 Å². The van der Waals surface area contributed by atoms with Crippen LogP contribution in [-0.2, 0) is 0 Å². The summed E-state index contributed by atoms with van der Waals surface area (Å²) in [6, 6.07) is 13.9. The summed E-state index contributed by atoms with van der Waals surface area (Å²) in [6.07, 6.45) is 3.92. The largest absolute Gasteiger partial charge is 0.497 e. The van der Waals surface area contributed by atoms with Gasteiger partial charge in [-0.1, -0.05) is 23.4 Å². The van der Waals surface area contributed by atoms with Crippen LogP contribution < -0.4 is 10.1 Å². The summed E-state index contributed by atoms with van der Waals surface area (Å²) < 4.78 is 12.8. The van der Waals surface area contributed by atoms with Gasteiger partial charge in [-0.15, -0.1) is 0 Å². The molecular formula is C25H27N5O3. The van der Waals surface area contributed by atoms with Gasteiger partial charge in [0.05, 0.1) is 24.0 Å². The first-order chi connectivity index (χ1) is 16.0. The van der Waals surface area contributed by atoms with E-state index in [4.69, 9.17) is 14.2 Å². The number of amides is 2. The summed E-state index contributed by atoms with van der Waals surface area (Å²) in [5.74, 6) is 2.29. The van der Waals surface area contributed by atoms with E-state index in [2.05, 4.69) is 20.9 Å². The molecule has 1 N–H and O–H groups in total. The summed E-state index contributed by atoms with van der Waals surface area (Å²) in [7, 11) is 1.67. The van der Waals surface area contributed by atoms with E-state index < -0.39 is 0 Å². The molecule has 3 aromatic heterocycles. The molecule has 1 fully saturated rings. The highest BCUT2D eigenvalue weighted by Gasteiger charge is 2.29. The van der Waals surface area contributed by atoms with Gasteiger partial charge < -0.3 is 18.6 Å². The van der Waals surface area contributed by atoms with Gasteiger partial charge in [-0.25, -0.2) is 9.78 Å². The Kier molecular flexibility index (Phi) is 5.50. The Morgan fingerprint density at radius 3 is 2.88 bits per heavy atom. The number of nitrogens with zero attached hydrogens (tertiary/aromatic N) is 4. The summed E-state index contributed by atoms with van der Waals surface area (Å²) in [5.41, 5.74) is 4.58. The maximum Gasteiger partial charge on any atom is 0.324 e. The van der Waals surface area contributed by atoms with Crippen LogP contribution in [-0.4, -0.2) is 45.7 Å². The van der Waals surface area contributed by atoms with Crippen LogP contribution in [0, 0.1) is 13.8 Å². The van der Waals surface area contributed by atoms with E-state index in [0.717, 1.165) is 52.4 Å². The number of likely N-dealkylation sites (tertiary alicyclic amines) is 1. The zero-order valence-corrected chi connectivity index (χ0v) is 19.0. The Labute approximate surface area is 192 Å². The van der Waals surface area contributed by atoms with Crippen molar-refractivity contribution in [1.82, 2.24) is 19.4 Å². The fourth-order valence-electron chi connectivity index (χ4n) is 4.41. The number of methoxy groups -OCH3 is 1. The smallest absolute Gasteiger partial charge is 0.324 e. The quantitative estimate of drug-likeness (QED) is 0.476. The number of pyridine rings is 1. The second-order valence-electron chi connectivity index (χ2n) is 8.44. The molecule has 4 aromatic rings. The number of aromatic nitrogens is 3. The number of carbonyl (C=O) groups is 1. The number of hydrogen-bond acceptors (Lipinski definition) is 5. The van der Waals surface area contributed by atoms with Crippen LogP contribution in [0.5, 0.6) is 5.75 Å². The Bertz CT molecular complexity index is 1310. The number of rotatable bonds is 4. The number of carbonyl (C=O) groups excluding carboxylic acids is 1. The van der Waals surface area contributed by atoms with Crippen molar-refractivity contribution in [3.63, 3.8) is 0 Å². The minimum absolute atomic E-state index is 0.122. The SMILES string of the molecule is COc1cccc(-c2nc([C@@H]3CCCN(C(=O)Nc4onc(C)c4C)C3)n3ccccc23)c1. The number of urea groups is 1. The van der Waals surface area contributed by atoms with Crippen LogP contribution in [0.2, 0.25) is 0 Å². The molecule has 1 atom stereocenters. The number of piperidine rings is 1. The fourth-order valence-corrected chi connectivity index (χ4v) is 4.41. The normalized spacial score (nSPS) is 16.2. The molecule has 0 saturated carbocycles. The monoisotopic (exact) mass is 445 g/mol. The van der Waals surface area contributed by atoms with Crippen molar-refractivity contribution in [3.05, 3.63) is 65.7 Å². The molecule has 1 aliphatic rings. The minimum Gasteiger partial charge on any atom is -0.497 e. The van der Waals surface area contributed by atoms with Gasteiger partial charge in [0.1, 0.15) is 11.6 Å².